The first-order chi connectivity index (χ1) is 9.56. The van der Waals surface area contributed by atoms with E-state index >= 15 is 0 Å². The van der Waals surface area contributed by atoms with Crippen LogP contribution in [0.4, 0.5) is 0 Å². The van der Waals surface area contributed by atoms with Crippen molar-refractivity contribution in [1.82, 2.24) is 9.47 Å². The van der Waals surface area contributed by atoms with Crippen LogP contribution in [-0.2, 0) is 11.8 Å². The van der Waals surface area contributed by atoms with Gasteiger partial charge >= 0.3 is 0 Å². The summed E-state index contributed by atoms with van der Waals surface area (Å²) in [5.41, 5.74) is 0.290. The van der Waals surface area contributed by atoms with Gasteiger partial charge in [0.1, 0.15) is 5.69 Å². The largest absolute Gasteiger partial charge is 0.373 e. The van der Waals surface area contributed by atoms with E-state index in [1.807, 2.05) is 4.90 Å². The van der Waals surface area contributed by atoms with Crippen molar-refractivity contribution in [3.8, 4) is 0 Å². The number of aromatic nitrogens is 1. The highest BCUT2D eigenvalue weighted by Crippen LogP contribution is 2.33. The molecule has 0 spiro atoms. The average molecular weight is 276 g/mol. The van der Waals surface area contributed by atoms with Crippen LogP contribution in [0.1, 0.15) is 30.3 Å². The van der Waals surface area contributed by atoms with Crippen LogP contribution in [0.2, 0.25) is 0 Å². The van der Waals surface area contributed by atoms with Crippen molar-refractivity contribution >= 4 is 5.91 Å². The number of nitrogens with zero attached hydrogens (tertiary/aromatic N) is 2. The summed E-state index contributed by atoms with van der Waals surface area (Å²) in [6.07, 6.45) is 2.53. The van der Waals surface area contributed by atoms with Gasteiger partial charge in [0.2, 0.25) is 0 Å². The number of carbonyl (C=O) groups excluding carboxylic acids is 1. The monoisotopic (exact) mass is 276 g/mol. The topological polar surface area (TPSA) is 51.5 Å². The van der Waals surface area contributed by atoms with Crippen LogP contribution >= 0.6 is 0 Å². The summed E-state index contributed by atoms with van der Waals surface area (Å²) in [7, 11) is 1.64. The van der Waals surface area contributed by atoms with Gasteiger partial charge in [0.05, 0.1) is 12.2 Å². The smallest absolute Gasteiger partial charge is 0.270 e. The van der Waals surface area contributed by atoms with Crippen LogP contribution in [0.5, 0.6) is 0 Å². The first-order valence-corrected chi connectivity index (χ1v) is 7.17. The molecule has 3 heterocycles. The highest BCUT2D eigenvalue weighted by molar-refractivity contribution is 5.92. The molecule has 3 atom stereocenters. The van der Waals surface area contributed by atoms with Gasteiger partial charge in [0.15, 0.2) is 0 Å². The lowest BCUT2D eigenvalue weighted by atomic mass is 9.92. The fraction of sp³-hybridized carbons (Fsp3) is 0.600. The van der Waals surface area contributed by atoms with E-state index in [0.29, 0.717) is 24.3 Å². The Kier molecular flexibility index (Phi) is 3.38. The van der Waals surface area contributed by atoms with Crippen LogP contribution in [-0.4, -0.2) is 40.7 Å². The van der Waals surface area contributed by atoms with E-state index in [1.165, 1.54) is 10.6 Å². The van der Waals surface area contributed by atoms with Crippen molar-refractivity contribution in [3.63, 3.8) is 0 Å². The van der Waals surface area contributed by atoms with Crippen LogP contribution in [0.3, 0.4) is 0 Å². The molecule has 3 rings (SSSR count). The van der Waals surface area contributed by atoms with E-state index in [-0.39, 0.29) is 17.6 Å². The summed E-state index contributed by atoms with van der Waals surface area (Å²) >= 11 is 0. The molecule has 0 N–H and O–H groups in total. The number of amides is 1. The SMILES string of the molecule is C[C@@H]1C[C@@H]2CCN(C(=O)c3cccc(=O)n3C)C[C@H]2O1. The van der Waals surface area contributed by atoms with Gasteiger partial charge < -0.3 is 14.2 Å². The molecule has 0 aliphatic carbocycles. The fourth-order valence-electron chi connectivity index (χ4n) is 3.29. The molecule has 0 unspecified atom stereocenters. The molecule has 2 aliphatic rings. The summed E-state index contributed by atoms with van der Waals surface area (Å²) in [5.74, 6) is 0.500. The number of carbonyl (C=O) groups is 1. The summed E-state index contributed by atoms with van der Waals surface area (Å²) in [6.45, 7) is 3.47. The van der Waals surface area contributed by atoms with Crippen molar-refractivity contribution in [2.24, 2.45) is 13.0 Å². The molecule has 0 bridgehead atoms. The van der Waals surface area contributed by atoms with Crippen LogP contribution in [0.25, 0.3) is 0 Å². The summed E-state index contributed by atoms with van der Waals surface area (Å²) in [5, 5.41) is 0. The van der Waals surface area contributed by atoms with Crippen molar-refractivity contribution in [1.29, 1.82) is 0 Å². The molecule has 5 heteroatoms. The zero-order valence-electron chi connectivity index (χ0n) is 11.9. The molecule has 2 aliphatic heterocycles. The van der Waals surface area contributed by atoms with Gasteiger partial charge in [0.25, 0.3) is 11.5 Å². The third-order valence-electron chi connectivity index (χ3n) is 4.43. The van der Waals surface area contributed by atoms with Gasteiger partial charge in [-0.1, -0.05) is 6.07 Å². The predicted octanol–water partition coefficient (Wildman–Crippen LogP) is 1.02. The standard InChI is InChI=1S/C15H20N2O3/c1-10-8-11-6-7-17(9-13(11)20-10)15(19)12-4-3-5-14(18)16(12)2/h3-5,10-11,13H,6-9H2,1-2H3/t10-,11+,13-/m1/s1. The van der Waals surface area contributed by atoms with Gasteiger partial charge in [-0.25, -0.2) is 0 Å². The maximum Gasteiger partial charge on any atom is 0.270 e. The van der Waals surface area contributed by atoms with E-state index < -0.39 is 0 Å². The summed E-state index contributed by atoms with van der Waals surface area (Å²) < 4.78 is 7.28. The Labute approximate surface area is 118 Å². The van der Waals surface area contributed by atoms with E-state index in [9.17, 15) is 9.59 Å². The Bertz CT molecular complexity index is 581. The normalized spacial score (nSPS) is 29.3. The number of piperidine rings is 1. The van der Waals surface area contributed by atoms with Crippen molar-refractivity contribution < 1.29 is 9.53 Å². The van der Waals surface area contributed by atoms with Gasteiger partial charge in [0, 0.05) is 26.2 Å². The van der Waals surface area contributed by atoms with Gasteiger partial charge in [-0.2, -0.15) is 0 Å². The molecule has 1 aromatic rings. The van der Waals surface area contributed by atoms with Crippen molar-refractivity contribution in [2.45, 2.75) is 32.0 Å². The number of hydrogen-bond donors (Lipinski definition) is 0. The molecular weight excluding hydrogens is 256 g/mol. The van der Waals surface area contributed by atoms with Crippen LogP contribution in [0.15, 0.2) is 23.0 Å². The number of rotatable bonds is 1. The molecule has 2 fully saturated rings. The Balaban J connectivity index is 1.78. The Hall–Kier alpha value is -1.62. The lowest BCUT2D eigenvalue weighted by Crippen LogP contribution is -2.46. The second kappa shape index (κ2) is 5.05. The Morgan fingerprint density at radius 3 is 3.00 bits per heavy atom. The maximum absolute atomic E-state index is 12.6. The van der Waals surface area contributed by atoms with Gasteiger partial charge in [-0.15, -0.1) is 0 Å². The maximum atomic E-state index is 12.6. The minimum atomic E-state index is -0.156. The Morgan fingerprint density at radius 1 is 1.40 bits per heavy atom. The molecule has 5 nitrogen and oxygen atoms in total. The molecule has 0 radical (unpaired) electrons. The lowest BCUT2D eigenvalue weighted by molar-refractivity contribution is 0.00122. The fourth-order valence-corrected chi connectivity index (χ4v) is 3.29. The number of likely N-dealkylation sites (tertiary alicyclic amines) is 1. The van der Waals surface area contributed by atoms with E-state index in [0.717, 1.165) is 19.4 Å². The number of ether oxygens (including phenoxy) is 1. The minimum Gasteiger partial charge on any atom is -0.373 e. The third kappa shape index (κ3) is 2.26. The van der Waals surface area contributed by atoms with Crippen molar-refractivity contribution in [3.05, 3.63) is 34.2 Å². The number of fused-ring (bicyclic) bond motifs is 1. The van der Waals surface area contributed by atoms with E-state index in [1.54, 1.807) is 19.2 Å². The number of hydrogen-bond acceptors (Lipinski definition) is 3. The van der Waals surface area contributed by atoms with E-state index in [2.05, 4.69) is 6.92 Å². The predicted molar refractivity (Wildman–Crippen MR) is 74.6 cm³/mol. The minimum absolute atomic E-state index is 0.0770. The summed E-state index contributed by atoms with van der Waals surface area (Å²) in [4.78, 5) is 26.0. The zero-order valence-corrected chi connectivity index (χ0v) is 11.9. The van der Waals surface area contributed by atoms with Crippen molar-refractivity contribution in [2.75, 3.05) is 13.1 Å². The highest BCUT2D eigenvalue weighted by Gasteiger charge is 2.38. The summed E-state index contributed by atoms with van der Waals surface area (Å²) in [6, 6.07) is 4.80. The van der Waals surface area contributed by atoms with Gasteiger partial charge in [-0.3, -0.25) is 9.59 Å². The Morgan fingerprint density at radius 2 is 2.20 bits per heavy atom. The highest BCUT2D eigenvalue weighted by atomic mass is 16.5. The quantitative estimate of drug-likeness (QED) is 0.769. The molecule has 2 saturated heterocycles. The zero-order chi connectivity index (χ0) is 14.3. The number of pyridine rings is 1. The molecule has 20 heavy (non-hydrogen) atoms. The second-order valence-corrected chi connectivity index (χ2v) is 5.83. The molecule has 1 amide bonds. The molecular formula is C15H20N2O3. The first kappa shape index (κ1) is 13.4. The van der Waals surface area contributed by atoms with Crippen LogP contribution in [0, 0.1) is 5.92 Å². The third-order valence-corrected chi connectivity index (χ3v) is 4.43. The van der Waals surface area contributed by atoms with E-state index in [4.69, 9.17) is 4.74 Å². The molecule has 1 aromatic heterocycles. The molecule has 0 saturated carbocycles. The lowest BCUT2D eigenvalue weighted by Gasteiger charge is -2.34. The average Bonchev–Trinajstić information content (AvgIpc) is 2.80. The molecule has 0 aromatic carbocycles. The van der Waals surface area contributed by atoms with Crippen LogP contribution < -0.4 is 5.56 Å². The first-order valence-electron chi connectivity index (χ1n) is 7.17. The second-order valence-electron chi connectivity index (χ2n) is 5.83. The van der Waals surface area contributed by atoms with Gasteiger partial charge in [-0.05, 0) is 31.7 Å². The molecule has 108 valence electrons.